The summed E-state index contributed by atoms with van der Waals surface area (Å²) in [6.07, 6.45) is 0. The Morgan fingerprint density at radius 1 is 1.00 bits per heavy atom. The van der Waals surface area contributed by atoms with Gasteiger partial charge in [0.2, 0.25) is 5.13 Å². The minimum absolute atomic E-state index is 0.0490. The highest BCUT2D eigenvalue weighted by atomic mass is 32.1. The van der Waals surface area contributed by atoms with Crippen LogP contribution in [0, 0.1) is 13.8 Å². The van der Waals surface area contributed by atoms with Crippen LogP contribution in [-0.2, 0) is 9.59 Å². The Hall–Kier alpha value is -3.32. The van der Waals surface area contributed by atoms with E-state index in [0.717, 1.165) is 5.56 Å². The monoisotopic (exact) mass is 391 g/mol. The molecule has 2 heterocycles. The molecule has 1 N–H and O–H groups in total. The number of carbonyl (C=O) groups is 2. The Morgan fingerprint density at radius 3 is 2.29 bits per heavy atom. The van der Waals surface area contributed by atoms with Crippen molar-refractivity contribution in [2.45, 2.75) is 19.9 Å². The zero-order chi connectivity index (χ0) is 19.8. The van der Waals surface area contributed by atoms with E-state index in [1.54, 1.807) is 19.1 Å². The normalized spacial score (nSPS) is 18.6. The number of aliphatic hydroxyl groups excluding tert-OH is 1. The first-order valence-electron chi connectivity index (χ1n) is 8.70. The lowest BCUT2D eigenvalue weighted by Crippen LogP contribution is -2.29. The standard InChI is InChI=1S/C21H17N3O3S/c1-12-8-10-15(11-9-12)18(25)16-17(14-6-4-3-5-7-14)24(20(27)19(16)26)21-23-22-13(2)28-21/h3-11,17,25H,1-2H3/t17-/m1/s1. The van der Waals surface area contributed by atoms with Crippen molar-refractivity contribution >= 4 is 33.9 Å². The lowest BCUT2D eigenvalue weighted by Gasteiger charge is -2.22. The van der Waals surface area contributed by atoms with Gasteiger partial charge in [0.1, 0.15) is 10.8 Å². The van der Waals surface area contributed by atoms with Crippen molar-refractivity contribution in [3.05, 3.63) is 81.9 Å². The van der Waals surface area contributed by atoms with E-state index in [4.69, 9.17) is 0 Å². The van der Waals surface area contributed by atoms with Crippen LogP contribution >= 0.6 is 11.3 Å². The first-order valence-corrected chi connectivity index (χ1v) is 9.52. The number of hydrogen-bond acceptors (Lipinski definition) is 6. The Bertz CT molecular complexity index is 1090. The molecular weight excluding hydrogens is 374 g/mol. The number of benzene rings is 2. The number of aromatic nitrogens is 2. The van der Waals surface area contributed by atoms with Crippen molar-refractivity contribution in [1.82, 2.24) is 10.2 Å². The molecule has 1 aliphatic heterocycles. The van der Waals surface area contributed by atoms with Crippen LogP contribution in [0.2, 0.25) is 0 Å². The third kappa shape index (κ3) is 2.99. The van der Waals surface area contributed by atoms with Gasteiger partial charge in [-0.15, -0.1) is 10.2 Å². The lowest BCUT2D eigenvalue weighted by molar-refractivity contribution is -0.132. The fourth-order valence-electron chi connectivity index (χ4n) is 3.23. The maximum absolute atomic E-state index is 12.9. The predicted molar refractivity (Wildman–Crippen MR) is 107 cm³/mol. The highest BCUT2D eigenvalue weighted by molar-refractivity contribution is 7.15. The van der Waals surface area contributed by atoms with Crippen LogP contribution in [-0.4, -0.2) is 27.0 Å². The van der Waals surface area contributed by atoms with Crippen molar-refractivity contribution in [3.63, 3.8) is 0 Å². The third-order valence-electron chi connectivity index (χ3n) is 4.61. The molecule has 1 atom stereocenters. The highest BCUT2D eigenvalue weighted by Crippen LogP contribution is 2.42. The van der Waals surface area contributed by atoms with E-state index in [9.17, 15) is 14.7 Å². The number of amides is 1. The van der Waals surface area contributed by atoms with Gasteiger partial charge in [-0.25, -0.2) is 0 Å². The number of aryl methyl sites for hydroxylation is 2. The van der Waals surface area contributed by atoms with Crippen LogP contribution in [0.1, 0.15) is 27.7 Å². The van der Waals surface area contributed by atoms with E-state index >= 15 is 0 Å². The average molecular weight is 391 g/mol. The molecule has 3 aromatic rings. The summed E-state index contributed by atoms with van der Waals surface area (Å²) in [6, 6.07) is 15.5. The molecular formula is C21H17N3O3S. The van der Waals surface area contributed by atoms with Gasteiger partial charge < -0.3 is 5.11 Å². The molecule has 7 heteroatoms. The molecule has 0 radical (unpaired) electrons. The van der Waals surface area contributed by atoms with Crippen LogP contribution in [0.15, 0.2) is 60.2 Å². The van der Waals surface area contributed by atoms with E-state index in [1.807, 2.05) is 49.4 Å². The van der Waals surface area contributed by atoms with Gasteiger partial charge in [0.05, 0.1) is 11.6 Å². The largest absolute Gasteiger partial charge is 0.507 e. The molecule has 0 unspecified atom stereocenters. The second-order valence-corrected chi connectivity index (χ2v) is 7.71. The molecule has 1 aliphatic rings. The summed E-state index contributed by atoms with van der Waals surface area (Å²) >= 11 is 1.23. The molecule has 28 heavy (non-hydrogen) atoms. The van der Waals surface area contributed by atoms with Crippen molar-refractivity contribution in [2.24, 2.45) is 0 Å². The van der Waals surface area contributed by atoms with E-state index in [0.29, 0.717) is 21.3 Å². The number of ketones is 1. The molecule has 1 fully saturated rings. The molecule has 2 aromatic carbocycles. The first kappa shape index (κ1) is 18.1. The lowest BCUT2D eigenvalue weighted by atomic mass is 9.95. The van der Waals surface area contributed by atoms with Crippen LogP contribution < -0.4 is 4.90 Å². The molecule has 0 bridgehead atoms. The van der Waals surface area contributed by atoms with Gasteiger partial charge in [0.25, 0.3) is 5.78 Å². The fourth-order valence-corrected chi connectivity index (χ4v) is 3.95. The summed E-state index contributed by atoms with van der Waals surface area (Å²) in [5, 5.41) is 20.0. The number of hydrogen-bond donors (Lipinski definition) is 1. The van der Waals surface area contributed by atoms with Crippen LogP contribution in [0.25, 0.3) is 5.76 Å². The Balaban J connectivity index is 1.93. The van der Waals surface area contributed by atoms with Gasteiger partial charge in [0, 0.05) is 5.56 Å². The Kier molecular flexibility index (Phi) is 4.52. The number of carbonyl (C=O) groups excluding carboxylic acids is 2. The second kappa shape index (κ2) is 7.01. The minimum Gasteiger partial charge on any atom is -0.507 e. The smallest absolute Gasteiger partial charge is 0.301 e. The number of nitrogens with zero attached hydrogens (tertiary/aromatic N) is 3. The van der Waals surface area contributed by atoms with E-state index in [-0.39, 0.29) is 11.3 Å². The van der Waals surface area contributed by atoms with Crippen molar-refractivity contribution < 1.29 is 14.7 Å². The summed E-state index contributed by atoms with van der Waals surface area (Å²) in [5.74, 6) is -1.66. The van der Waals surface area contributed by atoms with E-state index in [1.165, 1.54) is 16.2 Å². The minimum atomic E-state index is -0.769. The Morgan fingerprint density at radius 2 is 1.68 bits per heavy atom. The summed E-state index contributed by atoms with van der Waals surface area (Å²) in [5.41, 5.74) is 2.27. The van der Waals surface area contributed by atoms with Crippen LogP contribution in [0.5, 0.6) is 0 Å². The van der Waals surface area contributed by atoms with Crippen molar-refractivity contribution in [1.29, 1.82) is 0 Å². The maximum atomic E-state index is 12.9. The molecule has 1 aromatic heterocycles. The summed E-state index contributed by atoms with van der Waals surface area (Å²) in [7, 11) is 0. The van der Waals surface area contributed by atoms with Gasteiger partial charge in [-0.3, -0.25) is 14.5 Å². The topological polar surface area (TPSA) is 83.4 Å². The number of rotatable bonds is 3. The van der Waals surface area contributed by atoms with Crippen LogP contribution in [0.4, 0.5) is 5.13 Å². The maximum Gasteiger partial charge on any atom is 0.301 e. The molecule has 140 valence electrons. The molecule has 1 saturated heterocycles. The molecule has 1 amide bonds. The molecule has 0 saturated carbocycles. The zero-order valence-corrected chi connectivity index (χ0v) is 16.1. The van der Waals surface area contributed by atoms with Gasteiger partial charge in [-0.2, -0.15) is 0 Å². The predicted octanol–water partition coefficient (Wildman–Crippen LogP) is 3.78. The van der Waals surface area contributed by atoms with E-state index < -0.39 is 17.7 Å². The third-order valence-corrected chi connectivity index (χ3v) is 5.44. The highest BCUT2D eigenvalue weighted by Gasteiger charge is 2.48. The zero-order valence-electron chi connectivity index (χ0n) is 15.3. The van der Waals surface area contributed by atoms with Gasteiger partial charge in [-0.05, 0) is 19.4 Å². The quantitative estimate of drug-likeness (QED) is 0.417. The molecule has 4 rings (SSSR count). The van der Waals surface area contributed by atoms with Gasteiger partial charge >= 0.3 is 5.91 Å². The fraction of sp³-hybridized carbons (Fsp3) is 0.143. The number of Topliss-reactive ketones (excluding diaryl/α,β-unsaturated/α-hetero) is 1. The number of anilines is 1. The van der Waals surface area contributed by atoms with Crippen LogP contribution in [0.3, 0.4) is 0 Å². The van der Waals surface area contributed by atoms with Gasteiger partial charge in [-0.1, -0.05) is 71.5 Å². The molecule has 6 nitrogen and oxygen atoms in total. The summed E-state index contributed by atoms with van der Waals surface area (Å²) in [6.45, 7) is 3.71. The SMILES string of the molecule is Cc1ccc(C(O)=C2C(=O)C(=O)N(c3nnc(C)s3)[C@@H]2c2ccccc2)cc1. The Labute approximate surface area is 165 Å². The summed E-state index contributed by atoms with van der Waals surface area (Å²) < 4.78 is 0. The van der Waals surface area contributed by atoms with E-state index in [2.05, 4.69) is 10.2 Å². The van der Waals surface area contributed by atoms with Crippen molar-refractivity contribution in [2.75, 3.05) is 4.90 Å². The first-order chi connectivity index (χ1) is 13.5. The average Bonchev–Trinajstić information content (AvgIpc) is 3.24. The van der Waals surface area contributed by atoms with Gasteiger partial charge in [0.15, 0.2) is 0 Å². The number of aliphatic hydroxyl groups is 1. The summed E-state index contributed by atoms with van der Waals surface area (Å²) in [4.78, 5) is 27.1. The second-order valence-electron chi connectivity index (χ2n) is 6.55. The van der Waals surface area contributed by atoms with Crippen molar-refractivity contribution in [3.8, 4) is 0 Å². The molecule has 0 spiro atoms. The molecule has 0 aliphatic carbocycles.